The largest absolute Gasteiger partial charge is 0.493 e. The maximum absolute atomic E-state index is 11.8. The highest BCUT2D eigenvalue weighted by atomic mass is 35.5. The normalized spacial score (nSPS) is 11.8. The molecular weight excluding hydrogens is 328 g/mol. The molecular formula is C18H25ClN2O3. The van der Waals surface area contributed by atoms with Gasteiger partial charge in [-0.25, -0.2) is 4.79 Å². The quantitative estimate of drug-likeness (QED) is 0.415. The number of nitrogens with one attached hydrogen (secondary N) is 1. The first-order valence-corrected chi connectivity index (χ1v) is 8.37. The maximum Gasteiger partial charge on any atom is 0.358 e. The minimum Gasteiger partial charge on any atom is -0.493 e. The second-order valence-electron chi connectivity index (χ2n) is 5.51. The third kappa shape index (κ3) is 7.04. The van der Waals surface area contributed by atoms with Gasteiger partial charge in [-0.05, 0) is 44.0 Å². The molecule has 0 saturated carbocycles. The summed E-state index contributed by atoms with van der Waals surface area (Å²) >= 11 is 6.06. The molecule has 0 bridgehead atoms. The fourth-order valence-electron chi connectivity index (χ4n) is 1.81. The zero-order chi connectivity index (χ0) is 17.9. The minimum atomic E-state index is -0.467. The Morgan fingerprint density at radius 1 is 1.42 bits per heavy atom. The van der Waals surface area contributed by atoms with E-state index in [0.717, 1.165) is 11.3 Å². The van der Waals surface area contributed by atoms with Crippen molar-refractivity contribution in [3.05, 3.63) is 40.9 Å². The molecule has 0 spiro atoms. The lowest BCUT2D eigenvalue weighted by Crippen LogP contribution is -2.19. The molecule has 0 amide bonds. The summed E-state index contributed by atoms with van der Waals surface area (Å²) in [7, 11) is 0. The molecule has 0 aliphatic heterocycles. The highest BCUT2D eigenvalue weighted by Gasteiger charge is 2.10. The second-order valence-corrected chi connectivity index (χ2v) is 5.95. The van der Waals surface area contributed by atoms with Crippen molar-refractivity contribution in [2.24, 2.45) is 11.0 Å². The number of carbonyl (C=O) groups is 1. The number of nitrogens with zero attached hydrogens (tertiary/aromatic N) is 1. The number of hydrazone groups is 1. The Balaban J connectivity index is 2.82. The van der Waals surface area contributed by atoms with Crippen LogP contribution in [-0.2, 0) is 16.1 Å². The van der Waals surface area contributed by atoms with E-state index in [4.69, 9.17) is 21.1 Å². The summed E-state index contributed by atoms with van der Waals surface area (Å²) in [5.41, 5.74) is 3.96. The maximum atomic E-state index is 11.8. The van der Waals surface area contributed by atoms with Crippen molar-refractivity contribution < 1.29 is 14.3 Å². The van der Waals surface area contributed by atoms with Gasteiger partial charge in [0.2, 0.25) is 0 Å². The number of hydrogen-bond donors (Lipinski definition) is 1. The average Bonchev–Trinajstić information content (AvgIpc) is 2.53. The molecule has 0 heterocycles. The molecule has 1 aromatic rings. The standard InChI is InChI=1S/C18H25ClN2O3/c1-5-7-16(18(22)23-6-2)21-20-11-14-10-15(19)8-9-17(14)24-12-13(3)4/h5,7-10,13,20H,6,11-12H2,1-4H3/b7-5+,21-16+. The molecule has 0 saturated heterocycles. The summed E-state index contributed by atoms with van der Waals surface area (Å²) in [6, 6.07) is 5.44. The molecule has 1 N–H and O–H groups in total. The van der Waals surface area contributed by atoms with E-state index in [2.05, 4.69) is 24.4 Å². The average molecular weight is 353 g/mol. The first-order valence-electron chi connectivity index (χ1n) is 7.99. The van der Waals surface area contributed by atoms with Crippen LogP contribution in [0.5, 0.6) is 5.75 Å². The van der Waals surface area contributed by atoms with Crippen LogP contribution in [0.4, 0.5) is 0 Å². The van der Waals surface area contributed by atoms with E-state index in [9.17, 15) is 4.79 Å². The Kier molecular flexibility index (Phi) is 8.94. The molecule has 6 heteroatoms. The molecule has 5 nitrogen and oxygen atoms in total. The summed E-state index contributed by atoms with van der Waals surface area (Å²) in [5.74, 6) is 0.703. The zero-order valence-electron chi connectivity index (χ0n) is 14.6. The van der Waals surface area contributed by atoms with Crippen molar-refractivity contribution in [1.82, 2.24) is 5.43 Å². The predicted molar refractivity (Wildman–Crippen MR) is 97.5 cm³/mol. The van der Waals surface area contributed by atoms with E-state index in [-0.39, 0.29) is 5.71 Å². The van der Waals surface area contributed by atoms with Crippen LogP contribution in [0.2, 0.25) is 5.02 Å². The summed E-state index contributed by atoms with van der Waals surface area (Å²) in [6.45, 7) is 9.03. The summed E-state index contributed by atoms with van der Waals surface area (Å²) in [6.07, 6.45) is 3.33. The second kappa shape index (κ2) is 10.7. The molecule has 0 fully saturated rings. The van der Waals surface area contributed by atoms with Crippen LogP contribution in [0, 0.1) is 5.92 Å². The number of allylic oxidation sites excluding steroid dienone is 1. The summed E-state index contributed by atoms with van der Waals surface area (Å²) in [4.78, 5) is 11.8. The van der Waals surface area contributed by atoms with Crippen LogP contribution in [0.25, 0.3) is 0 Å². The number of halogens is 1. The smallest absolute Gasteiger partial charge is 0.358 e. The fourth-order valence-corrected chi connectivity index (χ4v) is 2.00. The van der Waals surface area contributed by atoms with Crippen LogP contribution in [0.15, 0.2) is 35.5 Å². The Bertz CT molecular complexity index is 598. The van der Waals surface area contributed by atoms with E-state index in [1.165, 1.54) is 0 Å². The van der Waals surface area contributed by atoms with Gasteiger partial charge < -0.3 is 14.9 Å². The lowest BCUT2D eigenvalue weighted by molar-refractivity contribution is -0.134. The SMILES string of the molecule is C/C=C/C(=N\NCc1cc(Cl)ccc1OCC(C)C)C(=O)OCC. The van der Waals surface area contributed by atoms with Crippen molar-refractivity contribution in [3.63, 3.8) is 0 Å². The van der Waals surface area contributed by atoms with E-state index in [1.807, 2.05) is 19.1 Å². The summed E-state index contributed by atoms with van der Waals surface area (Å²) < 4.78 is 10.8. The van der Waals surface area contributed by atoms with Gasteiger partial charge in [-0.2, -0.15) is 5.10 Å². The van der Waals surface area contributed by atoms with Gasteiger partial charge in [0.25, 0.3) is 0 Å². The zero-order valence-corrected chi connectivity index (χ0v) is 15.4. The van der Waals surface area contributed by atoms with Gasteiger partial charge in [0.15, 0.2) is 5.71 Å². The lowest BCUT2D eigenvalue weighted by Gasteiger charge is -2.13. The third-order valence-electron chi connectivity index (χ3n) is 2.87. The molecule has 0 aromatic heterocycles. The van der Waals surface area contributed by atoms with Gasteiger partial charge in [0.05, 0.1) is 19.8 Å². The van der Waals surface area contributed by atoms with Crippen LogP contribution in [0.3, 0.4) is 0 Å². The summed E-state index contributed by atoms with van der Waals surface area (Å²) in [5, 5.41) is 4.72. The van der Waals surface area contributed by atoms with Crippen molar-refractivity contribution in [3.8, 4) is 5.75 Å². The number of ether oxygens (including phenoxy) is 2. The van der Waals surface area contributed by atoms with Gasteiger partial charge in [0.1, 0.15) is 5.75 Å². The number of rotatable bonds is 9. The van der Waals surface area contributed by atoms with Crippen LogP contribution < -0.4 is 10.2 Å². The van der Waals surface area contributed by atoms with Crippen molar-refractivity contribution in [2.75, 3.05) is 13.2 Å². The highest BCUT2D eigenvalue weighted by Crippen LogP contribution is 2.23. The molecule has 1 aromatic carbocycles. The molecule has 0 unspecified atom stereocenters. The van der Waals surface area contributed by atoms with E-state index < -0.39 is 5.97 Å². The first kappa shape index (κ1) is 20.0. The van der Waals surface area contributed by atoms with Gasteiger partial charge in [-0.3, -0.25) is 0 Å². The Morgan fingerprint density at radius 3 is 2.79 bits per heavy atom. The molecule has 24 heavy (non-hydrogen) atoms. The van der Waals surface area contributed by atoms with E-state index in [1.54, 1.807) is 25.1 Å². The Labute approximate surface area is 148 Å². The van der Waals surface area contributed by atoms with E-state index >= 15 is 0 Å². The molecule has 0 radical (unpaired) electrons. The number of esters is 1. The van der Waals surface area contributed by atoms with Crippen molar-refractivity contribution >= 4 is 23.3 Å². The molecule has 0 aliphatic rings. The Morgan fingerprint density at radius 2 is 2.17 bits per heavy atom. The van der Waals surface area contributed by atoms with Gasteiger partial charge in [-0.15, -0.1) is 0 Å². The van der Waals surface area contributed by atoms with Gasteiger partial charge in [-0.1, -0.05) is 31.5 Å². The minimum absolute atomic E-state index is 0.214. The topological polar surface area (TPSA) is 59.9 Å². The highest BCUT2D eigenvalue weighted by molar-refractivity contribution is 6.41. The molecule has 0 atom stereocenters. The van der Waals surface area contributed by atoms with Crippen LogP contribution in [-0.4, -0.2) is 24.9 Å². The van der Waals surface area contributed by atoms with Crippen LogP contribution in [0.1, 0.15) is 33.3 Å². The molecule has 132 valence electrons. The lowest BCUT2D eigenvalue weighted by atomic mass is 10.2. The van der Waals surface area contributed by atoms with Crippen LogP contribution >= 0.6 is 11.6 Å². The molecule has 1 rings (SSSR count). The van der Waals surface area contributed by atoms with E-state index in [0.29, 0.717) is 30.7 Å². The van der Waals surface area contributed by atoms with Crippen molar-refractivity contribution in [1.29, 1.82) is 0 Å². The van der Waals surface area contributed by atoms with Gasteiger partial charge >= 0.3 is 5.97 Å². The third-order valence-corrected chi connectivity index (χ3v) is 3.11. The van der Waals surface area contributed by atoms with Gasteiger partial charge in [0, 0.05) is 10.6 Å². The monoisotopic (exact) mass is 352 g/mol. The first-order chi connectivity index (χ1) is 11.5. The number of benzene rings is 1. The number of hydrogen-bond acceptors (Lipinski definition) is 5. The number of carbonyl (C=O) groups excluding carboxylic acids is 1. The Hall–Kier alpha value is -2.01. The predicted octanol–water partition coefficient (Wildman–Crippen LogP) is 3.96. The molecule has 0 aliphatic carbocycles. The van der Waals surface area contributed by atoms with Crippen molar-refractivity contribution in [2.45, 2.75) is 34.2 Å². The fraction of sp³-hybridized carbons (Fsp3) is 0.444.